The molecule has 0 aromatic heterocycles. The van der Waals surface area contributed by atoms with Crippen LogP contribution in [0.2, 0.25) is 0 Å². The largest absolute Gasteiger partial charge is 0.398 e. The van der Waals surface area contributed by atoms with Gasteiger partial charge in [0, 0.05) is 30.0 Å². The van der Waals surface area contributed by atoms with Gasteiger partial charge in [-0.3, -0.25) is 4.79 Å². The van der Waals surface area contributed by atoms with Crippen molar-refractivity contribution < 1.29 is 9.90 Å². The van der Waals surface area contributed by atoms with Crippen LogP contribution in [0, 0.1) is 0 Å². The number of rotatable bonds is 2. The van der Waals surface area contributed by atoms with Gasteiger partial charge in [-0.25, -0.2) is 0 Å². The molecule has 4 nitrogen and oxygen atoms in total. The summed E-state index contributed by atoms with van der Waals surface area (Å²) < 4.78 is 0. The Hall–Kier alpha value is -1.55. The van der Waals surface area contributed by atoms with Gasteiger partial charge in [0.2, 0.25) is 0 Å². The maximum Gasteiger partial charge on any atom is 0.161 e. The summed E-state index contributed by atoms with van der Waals surface area (Å²) in [6.07, 6.45) is 2.51. The van der Waals surface area contributed by atoms with Crippen LogP contribution in [0.4, 0.5) is 11.4 Å². The quantitative estimate of drug-likeness (QED) is 0.633. The number of benzene rings is 1. The van der Waals surface area contributed by atoms with Crippen LogP contribution in [0.3, 0.4) is 0 Å². The Morgan fingerprint density at radius 3 is 2.79 bits per heavy atom. The molecule has 1 saturated heterocycles. The van der Waals surface area contributed by atoms with Crippen molar-refractivity contribution in [1.82, 2.24) is 0 Å². The zero-order chi connectivity index (χ0) is 14.0. The first-order valence-corrected chi connectivity index (χ1v) is 6.77. The molecule has 104 valence electrons. The van der Waals surface area contributed by atoms with E-state index in [0.717, 1.165) is 38.0 Å². The Balaban J connectivity index is 2.22. The van der Waals surface area contributed by atoms with Gasteiger partial charge in [0.15, 0.2) is 5.78 Å². The number of aliphatic hydroxyl groups is 1. The summed E-state index contributed by atoms with van der Waals surface area (Å²) in [6.45, 7) is 5.12. The molecule has 1 aliphatic heterocycles. The molecule has 0 saturated carbocycles. The van der Waals surface area contributed by atoms with Crippen molar-refractivity contribution in [3.05, 3.63) is 23.8 Å². The summed E-state index contributed by atoms with van der Waals surface area (Å²) >= 11 is 0. The fraction of sp³-hybridized carbons (Fsp3) is 0.533. The fourth-order valence-electron chi connectivity index (χ4n) is 2.57. The molecule has 1 fully saturated rings. The molecule has 1 unspecified atom stereocenters. The lowest BCUT2D eigenvalue weighted by atomic mass is 9.98. The van der Waals surface area contributed by atoms with Crippen LogP contribution in [0.15, 0.2) is 18.2 Å². The molecule has 1 aromatic rings. The van der Waals surface area contributed by atoms with Gasteiger partial charge in [-0.1, -0.05) is 0 Å². The molecule has 0 aliphatic carbocycles. The van der Waals surface area contributed by atoms with Crippen molar-refractivity contribution in [3.8, 4) is 0 Å². The Bertz CT molecular complexity index is 483. The van der Waals surface area contributed by atoms with Crippen LogP contribution in [-0.4, -0.2) is 29.6 Å². The minimum atomic E-state index is -0.577. The van der Waals surface area contributed by atoms with Crippen molar-refractivity contribution in [1.29, 1.82) is 0 Å². The van der Waals surface area contributed by atoms with Crippen molar-refractivity contribution in [2.45, 2.75) is 38.7 Å². The van der Waals surface area contributed by atoms with E-state index < -0.39 is 5.60 Å². The highest BCUT2D eigenvalue weighted by Gasteiger charge is 2.25. The lowest BCUT2D eigenvalue weighted by Crippen LogP contribution is -2.28. The summed E-state index contributed by atoms with van der Waals surface area (Å²) in [4.78, 5) is 13.7. The zero-order valence-corrected chi connectivity index (χ0v) is 11.6. The zero-order valence-electron chi connectivity index (χ0n) is 11.6. The highest BCUT2D eigenvalue weighted by Crippen LogP contribution is 2.27. The van der Waals surface area contributed by atoms with Gasteiger partial charge in [-0.2, -0.15) is 0 Å². The molecular weight excluding hydrogens is 240 g/mol. The van der Waals surface area contributed by atoms with Gasteiger partial charge >= 0.3 is 0 Å². The molecule has 4 heteroatoms. The van der Waals surface area contributed by atoms with Gasteiger partial charge in [0.05, 0.1) is 5.60 Å². The first-order valence-electron chi connectivity index (χ1n) is 6.77. The van der Waals surface area contributed by atoms with Crippen LogP contribution in [-0.2, 0) is 0 Å². The molecule has 0 bridgehead atoms. The molecular formula is C15H22N2O2. The van der Waals surface area contributed by atoms with E-state index in [-0.39, 0.29) is 5.78 Å². The summed E-state index contributed by atoms with van der Waals surface area (Å²) in [7, 11) is 0. The van der Waals surface area contributed by atoms with Gasteiger partial charge in [0.25, 0.3) is 0 Å². The highest BCUT2D eigenvalue weighted by molar-refractivity contribution is 6.00. The minimum Gasteiger partial charge on any atom is -0.398 e. The van der Waals surface area contributed by atoms with Crippen molar-refractivity contribution >= 4 is 17.2 Å². The van der Waals surface area contributed by atoms with E-state index in [1.807, 2.05) is 19.1 Å². The third-order valence-corrected chi connectivity index (χ3v) is 3.85. The molecule has 19 heavy (non-hydrogen) atoms. The topological polar surface area (TPSA) is 66.6 Å². The molecule has 1 aromatic carbocycles. The van der Waals surface area contributed by atoms with Crippen LogP contribution < -0.4 is 10.6 Å². The van der Waals surface area contributed by atoms with E-state index in [4.69, 9.17) is 5.73 Å². The molecule has 2 rings (SSSR count). The number of anilines is 2. The lowest BCUT2D eigenvalue weighted by molar-refractivity contribution is 0.0481. The second kappa shape index (κ2) is 5.21. The maximum atomic E-state index is 11.5. The first-order chi connectivity index (χ1) is 8.89. The predicted octanol–water partition coefficient (Wildman–Crippen LogP) is 2.21. The maximum absolute atomic E-state index is 11.5. The number of hydrogen-bond acceptors (Lipinski definition) is 4. The van der Waals surface area contributed by atoms with E-state index in [0.29, 0.717) is 11.3 Å². The summed E-state index contributed by atoms with van der Waals surface area (Å²) in [6, 6.07) is 5.59. The van der Waals surface area contributed by atoms with Crippen LogP contribution in [0.5, 0.6) is 0 Å². The number of nitrogen functional groups attached to an aromatic ring is 1. The van der Waals surface area contributed by atoms with Gasteiger partial charge in [0.1, 0.15) is 0 Å². The van der Waals surface area contributed by atoms with E-state index in [1.54, 1.807) is 6.07 Å². The number of carbonyl (C=O) groups is 1. The predicted molar refractivity (Wildman–Crippen MR) is 77.5 cm³/mol. The van der Waals surface area contributed by atoms with Gasteiger partial charge in [-0.15, -0.1) is 0 Å². The number of Topliss-reactive ketones (excluding diaryl/α,β-unsaturated/α-hetero) is 1. The SMILES string of the molecule is CC(=O)c1cc(N2CCCC(C)(O)CC2)ccc1N. The van der Waals surface area contributed by atoms with Crippen molar-refractivity contribution in [3.63, 3.8) is 0 Å². The second-order valence-corrected chi connectivity index (χ2v) is 5.67. The highest BCUT2D eigenvalue weighted by atomic mass is 16.3. The smallest absolute Gasteiger partial charge is 0.161 e. The Kier molecular flexibility index (Phi) is 3.80. The standard InChI is InChI=1S/C15H22N2O2/c1-11(18)13-10-12(4-5-14(13)16)17-8-3-6-15(2,19)7-9-17/h4-5,10,19H,3,6-9,16H2,1-2H3. The molecule has 1 atom stereocenters. The molecule has 0 amide bonds. The van der Waals surface area contributed by atoms with Crippen LogP contribution in [0.25, 0.3) is 0 Å². The van der Waals surface area contributed by atoms with Crippen molar-refractivity contribution in [2.75, 3.05) is 23.7 Å². The third-order valence-electron chi connectivity index (χ3n) is 3.85. The molecule has 1 heterocycles. The number of nitrogens with zero attached hydrogens (tertiary/aromatic N) is 1. The van der Waals surface area contributed by atoms with E-state index >= 15 is 0 Å². The van der Waals surface area contributed by atoms with E-state index in [2.05, 4.69) is 4.90 Å². The van der Waals surface area contributed by atoms with Crippen molar-refractivity contribution in [2.24, 2.45) is 0 Å². The average Bonchev–Trinajstić information content (AvgIpc) is 2.51. The first kappa shape index (κ1) is 13.9. The monoisotopic (exact) mass is 262 g/mol. The number of ketones is 1. The molecule has 0 spiro atoms. The number of hydrogen-bond donors (Lipinski definition) is 2. The Morgan fingerprint density at radius 1 is 1.37 bits per heavy atom. The summed E-state index contributed by atoms with van der Waals surface area (Å²) in [5.41, 5.74) is 7.35. The van der Waals surface area contributed by atoms with Crippen LogP contribution in [0.1, 0.15) is 43.5 Å². The van der Waals surface area contributed by atoms with E-state index in [1.165, 1.54) is 6.92 Å². The van der Waals surface area contributed by atoms with Gasteiger partial charge < -0.3 is 15.7 Å². The Labute approximate surface area is 114 Å². The normalized spacial score (nSPS) is 24.1. The summed E-state index contributed by atoms with van der Waals surface area (Å²) in [5, 5.41) is 10.1. The average molecular weight is 262 g/mol. The van der Waals surface area contributed by atoms with E-state index in [9.17, 15) is 9.90 Å². The molecule has 1 aliphatic rings. The van der Waals surface area contributed by atoms with Crippen LogP contribution >= 0.6 is 0 Å². The molecule has 0 radical (unpaired) electrons. The summed E-state index contributed by atoms with van der Waals surface area (Å²) in [5.74, 6) is -0.0128. The van der Waals surface area contributed by atoms with Gasteiger partial charge in [-0.05, 0) is 51.3 Å². The number of carbonyl (C=O) groups excluding carboxylic acids is 1. The fourth-order valence-corrected chi connectivity index (χ4v) is 2.57. The number of nitrogens with two attached hydrogens (primary N) is 1. The second-order valence-electron chi connectivity index (χ2n) is 5.67. The minimum absolute atomic E-state index is 0.0128. The lowest BCUT2D eigenvalue weighted by Gasteiger charge is -2.25. The third kappa shape index (κ3) is 3.26. The Morgan fingerprint density at radius 2 is 2.11 bits per heavy atom. The molecule has 3 N–H and O–H groups in total.